The molecule has 0 heterocycles. The van der Waals surface area contributed by atoms with E-state index in [0.717, 1.165) is 5.56 Å². The molecule has 15 heavy (non-hydrogen) atoms. The van der Waals surface area contributed by atoms with Gasteiger partial charge in [-0.2, -0.15) is 0 Å². The van der Waals surface area contributed by atoms with E-state index in [0.29, 0.717) is 5.92 Å². The molecule has 0 saturated carbocycles. The molecule has 0 N–H and O–H groups in total. The molecule has 0 aliphatic rings. The Kier molecular flexibility index (Phi) is 3.70. The predicted molar refractivity (Wildman–Crippen MR) is 68.6 cm³/mol. The molecule has 4 radical (unpaired) electrons. The largest absolute Gasteiger partial charge is 0.0733 e. The van der Waals surface area contributed by atoms with Gasteiger partial charge in [0, 0.05) is 0 Å². The van der Waals surface area contributed by atoms with Crippen molar-refractivity contribution in [2.45, 2.75) is 38.8 Å². The smallest absolute Gasteiger partial charge is 0.0686 e. The molecule has 0 aliphatic heterocycles. The first-order chi connectivity index (χ1) is 6.85. The van der Waals surface area contributed by atoms with Crippen LogP contribution in [0.5, 0.6) is 0 Å². The summed E-state index contributed by atoms with van der Waals surface area (Å²) in [7, 11) is 12.2. The number of hydrogen-bond donors (Lipinski definition) is 0. The second-order valence-electron chi connectivity index (χ2n) is 4.86. The summed E-state index contributed by atoms with van der Waals surface area (Å²) in [4.78, 5) is 0. The fourth-order valence-corrected chi connectivity index (χ4v) is 1.49. The Morgan fingerprint density at radius 3 is 1.73 bits per heavy atom. The minimum absolute atomic E-state index is 0.224. The first-order valence-corrected chi connectivity index (χ1v) is 5.54. The lowest BCUT2D eigenvalue weighted by Gasteiger charge is -2.31. The predicted octanol–water partition coefficient (Wildman–Crippen LogP) is 2.96. The third kappa shape index (κ3) is 2.68. The molecule has 0 amide bonds. The zero-order valence-electron chi connectivity index (χ0n) is 10.1. The van der Waals surface area contributed by atoms with Crippen molar-refractivity contribution in [3.63, 3.8) is 0 Å². The highest BCUT2D eigenvalue weighted by molar-refractivity contribution is 6.40. The Labute approximate surface area is 96.3 Å². The van der Waals surface area contributed by atoms with Crippen molar-refractivity contribution in [3.8, 4) is 0 Å². The molecule has 0 saturated heterocycles. The minimum Gasteiger partial charge on any atom is -0.0733 e. The number of benzene rings is 1. The van der Waals surface area contributed by atoms with E-state index in [-0.39, 0.29) is 5.92 Å². The van der Waals surface area contributed by atoms with Gasteiger partial charge in [0.15, 0.2) is 0 Å². The van der Waals surface area contributed by atoms with Crippen molar-refractivity contribution in [2.24, 2.45) is 5.92 Å². The van der Waals surface area contributed by atoms with E-state index in [1.165, 1.54) is 5.56 Å². The molecule has 0 bridgehead atoms. The fraction of sp³-hybridized carbons (Fsp3) is 0.538. The monoisotopic (exact) mass is 196 g/mol. The Morgan fingerprint density at radius 2 is 1.40 bits per heavy atom. The Bertz CT molecular complexity index is 310. The molecule has 1 aromatic carbocycles. The van der Waals surface area contributed by atoms with Gasteiger partial charge < -0.3 is 0 Å². The van der Waals surface area contributed by atoms with E-state index in [9.17, 15) is 0 Å². The average Bonchev–Trinajstić information content (AvgIpc) is 2.17. The van der Waals surface area contributed by atoms with Gasteiger partial charge in [0.05, 0.1) is 15.7 Å². The van der Waals surface area contributed by atoms with Gasteiger partial charge in [-0.3, -0.25) is 0 Å². The zero-order chi connectivity index (χ0) is 11.6. The fourth-order valence-electron chi connectivity index (χ4n) is 1.49. The molecular weight excluding hydrogens is 178 g/mol. The van der Waals surface area contributed by atoms with Crippen LogP contribution in [0.25, 0.3) is 0 Å². The summed E-state index contributed by atoms with van der Waals surface area (Å²) in [5.41, 5.74) is 2.32. The van der Waals surface area contributed by atoms with Crippen LogP contribution in [0.3, 0.4) is 0 Å². The lowest BCUT2D eigenvalue weighted by atomic mass is 9.46. The van der Waals surface area contributed by atoms with E-state index < -0.39 is 5.21 Å². The third-order valence-corrected chi connectivity index (χ3v) is 3.03. The quantitative estimate of drug-likeness (QED) is 0.651. The van der Waals surface area contributed by atoms with Gasteiger partial charge in [0.1, 0.15) is 0 Å². The van der Waals surface area contributed by atoms with Crippen molar-refractivity contribution in [3.05, 3.63) is 35.4 Å². The van der Waals surface area contributed by atoms with Gasteiger partial charge in [0.25, 0.3) is 0 Å². The molecular formula is C13H18B2. The number of rotatable bonds is 3. The topological polar surface area (TPSA) is 0 Å². The third-order valence-electron chi connectivity index (χ3n) is 3.03. The van der Waals surface area contributed by atoms with Gasteiger partial charge in [-0.25, -0.2) is 0 Å². The van der Waals surface area contributed by atoms with E-state index in [4.69, 9.17) is 15.7 Å². The van der Waals surface area contributed by atoms with Gasteiger partial charge in [-0.05, 0) is 11.5 Å². The van der Waals surface area contributed by atoms with Crippen LogP contribution in [0.2, 0.25) is 0 Å². The lowest BCUT2D eigenvalue weighted by Crippen LogP contribution is -2.33. The van der Waals surface area contributed by atoms with Crippen LogP contribution >= 0.6 is 0 Å². The van der Waals surface area contributed by atoms with E-state index in [1.54, 1.807) is 0 Å². The van der Waals surface area contributed by atoms with Crippen molar-refractivity contribution in [2.75, 3.05) is 0 Å². The molecule has 0 atom stereocenters. The lowest BCUT2D eigenvalue weighted by molar-refractivity contribution is 0.570. The first-order valence-electron chi connectivity index (χ1n) is 5.54. The molecule has 0 spiro atoms. The molecule has 1 aromatic rings. The average molecular weight is 196 g/mol. The molecule has 76 valence electrons. The normalized spacial score (nSPS) is 12.4. The maximum absolute atomic E-state index is 6.08. The second-order valence-corrected chi connectivity index (χ2v) is 4.86. The molecule has 1 rings (SSSR count). The molecule has 2 heteroatoms. The van der Waals surface area contributed by atoms with Crippen molar-refractivity contribution in [1.29, 1.82) is 0 Å². The highest BCUT2D eigenvalue weighted by atomic mass is 14.2. The van der Waals surface area contributed by atoms with Gasteiger partial charge >= 0.3 is 0 Å². The van der Waals surface area contributed by atoms with Crippen LogP contribution in [0.15, 0.2) is 24.3 Å². The molecule has 0 aromatic heterocycles. The van der Waals surface area contributed by atoms with Gasteiger partial charge in [-0.15, -0.1) is 0 Å². The summed E-state index contributed by atoms with van der Waals surface area (Å²) in [6.07, 6.45) is 0. The molecule has 0 nitrogen and oxygen atoms in total. The van der Waals surface area contributed by atoms with Gasteiger partial charge in [-0.1, -0.05) is 68.7 Å². The molecule has 0 fully saturated rings. The van der Waals surface area contributed by atoms with Crippen LogP contribution in [0.1, 0.15) is 44.7 Å². The van der Waals surface area contributed by atoms with Gasteiger partial charge in [0.2, 0.25) is 0 Å². The summed E-state index contributed by atoms with van der Waals surface area (Å²) in [5, 5.41) is -0.727. The standard InChI is InChI=1S/C13H18B2/c1-9(2)11-5-7-12(8-6-11)13(14,15)10(3)4/h5-10H,1-4H3. The minimum atomic E-state index is -0.727. The first kappa shape index (κ1) is 12.4. The van der Waals surface area contributed by atoms with Crippen LogP contribution < -0.4 is 0 Å². The summed E-state index contributed by atoms with van der Waals surface area (Å²) in [5.74, 6) is 0.769. The highest BCUT2D eigenvalue weighted by Crippen LogP contribution is 2.26. The summed E-state index contributed by atoms with van der Waals surface area (Å²) in [6.45, 7) is 8.43. The summed E-state index contributed by atoms with van der Waals surface area (Å²) < 4.78 is 0. The second kappa shape index (κ2) is 4.47. The SMILES string of the molecule is [B]C([B])(c1ccc(C(C)C)cc1)C(C)C. The van der Waals surface area contributed by atoms with E-state index in [1.807, 2.05) is 26.0 Å². The van der Waals surface area contributed by atoms with Crippen LogP contribution in [-0.4, -0.2) is 15.7 Å². The Morgan fingerprint density at radius 1 is 0.933 bits per heavy atom. The van der Waals surface area contributed by atoms with Crippen LogP contribution in [0.4, 0.5) is 0 Å². The van der Waals surface area contributed by atoms with E-state index in [2.05, 4.69) is 26.0 Å². The van der Waals surface area contributed by atoms with Crippen molar-refractivity contribution in [1.82, 2.24) is 0 Å². The maximum Gasteiger partial charge on any atom is 0.0686 e. The van der Waals surface area contributed by atoms with Crippen LogP contribution in [-0.2, 0) is 5.21 Å². The number of hydrogen-bond acceptors (Lipinski definition) is 0. The van der Waals surface area contributed by atoms with Crippen LogP contribution in [0, 0.1) is 5.92 Å². The van der Waals surface area contributed by atoms with Crippen molar-refractivity contribution >= 4 is 15.7 Å². The highest BCUT2D eigenvalue weighted by Gasteiger charge is 2.23. The van der Waals surface area contributed by atoms with E-state index >= 15 is 0 Å². The summed E-state index contributed by atoms with van der Waals surface area (Å²) in [6, 6.07) is 8.29. The Hall–Kier alpha value is -0.650. The summed E-state index contributed by atoms with van der Waals surface area (Å²) >= 11 is 0. The Balaban J connectivity index is 2.98. The van der Waals surface area contributed by atoms with Crippen molar-refractivity contribution < 1.29 is 0 Å². The maximum atomic E-state index is 6.08. The zero-order valence-corrected chi connectivity index (χ0v) is 10.1. The molecule has 0 aliphatic carbocycles. The molecule has 0 unspecified atom stereocenters.